The third-order valence-electron chi connectivity index (χ3n) is 4.18. The van der Waals surface area contributed by atoms with Crippen molar-refractivity contribution >= 4 is 33.3 Å². The SMILES string of the molecule is CCCCP(CCCC)CCCC.[B]C(C(=O)OC)c1ccccc1Cl. The molecule has 2 nitrogen and oxygen atoms in total. The van der Waals surface area contributed by atoms with Crippen LogP contribution in [0.1, 0.15) is 70.7 Å². The summed E-state index contributed by atoms with van der Waals surface area (Å²) < 4.78 is 4.50. The van der Waals surface area contributed by atoms with Gasteiger partial charge in [-0.1, -0.05) is 69.8 Å². The van der Waals surface area contributed by atoms with Gasteiger partial charge in [0.2, 0.25) is 0 Å². The van der Waals surface area contributed by atoms with Crippen molar-refractivity contribution in [1.82, 2.24) is 0 Å². The highest BCUT2D eigenvalue weighted by Crippen LogP contribution is 2.38. The van der Waals surface area contributed by atoms with Gasteiger partial charge in [-0.2, -0.15) is 0 Å². The lowest BCUT2D eigenvalue weighted by molar-refractivity contribution is -0.140. The van der Waals surface area contributed by atoms with Crippen molar-refractivity contribution < 1.29 is 9.53 Å². The molecular weight excluding hydrogens is 361 g/mol. The molecule has 5 heteroatoms. The minimum atomic E-state index is -0.807. The minimum Gasteiger partial charge on any atom is -0.469 e. The topological polar surface area (TPSA) is 26.3 Å². The number of esters is 1. The molecule has 1 unspecified atom stereocenters. The third-order valence-corrected chi connectivity index (χ3v) is 7.37. The van der Waals surface area contributed by atoms with Crippen LogP contribution in [0.25, 0.3) is 0 Å². The van der Waals surface area contributed by atoms with Crippen LogP contribution >= 0.6 is 19.5 Å². The van der Waals surface area contributed by atoms with Crippen LogP contribution in [0, 0.1) is 0 Å². The zero-order valence-corrected chi connectivity index (χ0v) is 18.6. The van der Waals surface area contributed by atoms with Gasteiger partial charge in [-0.3, -0.25) is 4.79 Å². The number of ether oxygens (including phenoxy) is 1. The van der Waals surface area contributed by atoms with Gasteiger partial charge in [-0.15, -0.1) is 7.92 Å². The van der Waals surface area contributed by atoms with Crippen LogP contribution in [0.4, 0.5) is 0 Å². The molecule has 0 bridgehead atoms. The van der Waals surface area contributed by atoms with Crippen LogP contribution < -0.4 is 0 Å². The summed E-state index contributed by atoms with van der Waals surface area (Å²) in [6.45, 7) is 6.94. The van der Waals surface area contributed by atoms with E-state index in [9.17, 15) is 4.79 Å². The van der Waals surface area contributed by atoms with Gasteiger partial charge in [0.1, 0.15) is 0 Å². The highest BCUT2D eigenvalue weighted by Gasteiger charge is 2.16. The Morgan fingerprint density at radius 2 is 1.50 bits per heavy atom. The standard InChI is InChI=1S/C12H27P.C9H8BClO2/c1-4-7-10-13(11-8-5-2)12-9-6-3;1-13-9(12)8(10)6-4-2-3-5-7(6)11/h4-12H2,1-3H3;2-5,8H,1H3. The average molecular weight is 397 g/mol. The van der Waals surface area contributed by atoms with E-state index < -0.39 is 11.8 Å². The Hall–Kier alpha value is -0.525. The second-order valence-corrected chi connectivity index (χ2v) is 9.52. The van der Waals surface area contributed by atoms with Gasteiger partial charge >= 0.3 is 5.97 Å². The Balaban J connectivity index is 0.000000481. The number of carbonyl (C=O) groups excluding carboxylic acids is 1. The van der Waals surface area contributed by atoms with E-state index in [4.69, 9.17) is 19.4 Å². The molecule has 1 aromatic rings. The minimum absolute atomic E-state index is 0.422. The smallest absolute Gasteiger partial charge is 0.304 e. The zero-order chi connectivity index (χ0) is 19.8. The van der Waals surface area contributed by atoms with Gasteiger partial charge in [0.15, 0.2) is 0 Å². The van der Waals surface area contributed by atoms with Crippen molar-refractivity contribution in [2.24, 2.45) is 0 Å². The van der Waals surface area contributed by atoms with Gasteiger partial charge in [0, 0.05) is 10.8 Å². The van der Waals surface area contributed by atoms with Crippen LogP contribution in [0.3, 0.4) is 0 Å². The first-order valence-electron chi connectivity index (χ1n) is 9.81. The van der Waals surface area contributed by atoms with Gasteiger partial charge in [-0.05, 0) is 49.4 Å². The number of rotatable bonds is 11. The predicted octanol–water partition coefficient (Wildman–Crippen LogP) is 6.59. The summed E-state index contributed by atoms with van der Waals surface area (Å²) in [5.41, 5.74) is 0.580. The second-order valence-electron chi connectivity index (χ2n) is 6.42. The summed E-state index contributed by atoms with van der Waals surface area (Å²) in [6, 6.07) is 6.92. The van der Waals surface area contributed by atoms with E-state index in [2.05, 4.69) is 25.5 Å². The lowest BCUT2D eigenvalue weighted by atomic mass is 9.81. The largest absolute Gasteiger partial charge is 0.469 e. The van der Waals surface area contributed by atoms with Crippen molar-refractivity contribution in [2.45, 2.75) is 65.1 Å². The number of halogens is 1. The molecule has 0 aromatic heterocycles. The number of unbranched alkanes of at least 4 members (excludes halogenated alkanes) is 3. The molecule has 26 heavy (non-hydrogen) atoms. The predicted molar refractivity (Wildman–Crippen MR) is 118 cm³/mol. The molecule has 0 spiro atoms. The molecule has 0 aliphatic heterocycles. The molecule has 146 valence electrons. The van der Waals surface area contributed by atoms with Crippen LogP contribution in [0.2, 0.25) is 5.02 Å². The molecule has 0 amide bonds. The van der Waals surface area contributed by atoms with E-state index in [-0.39, 0.29) is 0 Å². The maximum absolute atomic E-state index is 11.1. The third kappa shape index (κ3) is 11.2. The van der Waals surface area contributed by atoms with E-state index in [1.165, 1.54) is 45.6 Å². The summed E-state index contributed by atoms with van der Waals surface area (Å²) >= 11 is 5.83. The summed E-state index contributed by atoms with van der Waals surface area (Å²) in [4.78, 5) is 11.1. The maximum Gasteiger partial charge on any atom is 0.304 e. The quantitative estimate of drug-likeness (QED) is 0.239. The molecule has 0 aliphatic rings. The van der Waals surface area contributed by atoms with Gasteiger partial charge in [-0.25, -0.2) is 0 Å². The van der Waals surface area contributed by atoms with Crippen LogP contribution in [-0.2, 0) is 9.53 Å². The molecule has 0 heterocycles. The number of benzene rings is 1. The van der Waals surface area contributed by atoms with E-state index in [0.717, 1.165) is 0 Å². The van der Waals surface area contributed by atoms with E-state index in [0.29, 0.717) is 18.5 Å². The fourth-order valence-corrected chi connectivity index (χ4v) is 5.68. The highest BCUT2D eigenvalue weighted by atomic mass is 35.5. The first kappa shape index (κ1) is 25.5. The van der Waals surface area contributed by atoms with Crippen LogP contribution in [-0.4, -0.2) is 39.4 Å². The fraction of sp³-hybridized carbons (Fsp3) is 0.667. The van der Waals surface area contributed by atoms with Crippen molar-refractivity contribution in [3.05, 3.63) is 34.9 Å². The molecule has 1 rings (SSSR count). The second kappa shape index (κ2) is 16.6. The maximum atomic E-state index is 11.1. The number of methoxy groups -OCH3 is 1. The first-order chi connectivity index (χ1) is 12.5. The fourth-order valence-electron chi connectivity index (χ4n) is 2.46. The van der Waals surface area contributed by atoms with E-state index in [1.54, 1.807) is 42.8 Å². The normalized spacial score (nSPS) is 11.6. The number of hydrogen-bond donors (Lipinski definition) is 0. The molecule has 0 N–H and O–H groups in total. The number of carbonyl (C=O) groups is 1. The zero-order valence-electron chi connectivity index (χ0n) is 17.0. The molecule has 0 saturated carbocycles. The van der Waals surface area contributed by atoms with Crippen molar-refractivity contribution in [1.29, 1.82) is 0 Å². The Morgan fingerprint density at radius 1 is 1.04 bits per heavy atom. The first-order valence-corrected chi connectivity index (χ1v) is 12.1. The average Bonchev–Trinajstić information content (AvgIpc) is 2.67. The van der Waals surface area contributed by atoms with Crippen molar-refractivity contribution in [3.8, 4) is 0 Å². The summed E-state index contributed by atoms with van der Waals surface area (Å²) in [5, 5.41) is 0.473. The highest BCUT2D eigenvalue weighted by molar-refractivity contribution is 7.57. The Morgan fingerprint density at radius 3 is 1.88 bits per heavy atom. The monoisotopic (exact) mass is 396 g/mol. The Bertz CT molecular complexity index is 466. The summed E-state index contributed by atoms with van der Waals surface area (Å²) in [5.74, 6) is -1.30. The van der Waals surface area contributed by atoms with Crippen molar-refractivity contribution in [2.75, 3.05) is 25.6 Å². The van der Waals surface area contributed by atoms with E-state index >= 15 is 0 Å². The van der Waals surface area contributed by atoms with Gasteiger partial charge in [0.05, 0.1) is 15.0 Å². The molecular formula is C21H35BClO2P. The van der Waals surface area contributed by atoms with Gasteiger partial charge < -0.3 is 4.74 Å². The van der Waals surface area contributed by atoms with Crippen LogP contribution in [0.5, 0.6) is 0 Å². The molecule has 0 aliphatic carbocycles. The molecule has 0 fully saturated rings. The van der Waals surface area contributed by atoms with Crippen LogP contribution in [0.15, 0.2) is 24.3 Å². The summed E-state index contributed by atoms with van der Waals surface area (Å²) in [6.07, 6.45) is 13.2. The lowest BCUT2D eigenvalue weighted by Gasteiger charge is -2.16. The molecule has 2 radical (unpaired) electrons. The Labute approximate surface area is 168 Å². The molecule has 0 saturated heterocycles. The van der Waals surface area contributed by atoms with Gasteiger partial charge in [0.25, 0.3) is 0 Å². The van der Waals surface area contributed by atoms with Crippen molar-refractivity contribution in [3.63, 3.8) is 0 Å². The summed E-state index contributed by atoms with van der Waals surface area (Å²) in [7, 11) is 7.30. The number of hydrogen-bond acceptors (Lipinski definition) is 2. The van der Waals surface area contributed by atoms with E-state index in [1.807, 2.05) is 0 Å². The molecule has 1 aromatic carbocycles. The Kier molecular flexibility index (Phi) is 16.3. The lowest BCUT2D eigenvalue weighted by Crippen LogP contribution is -2.14. The molecule has 1 atom stereocenters.